The molecule has 55 heavy (non-hydrogen) atoms. The van der Waals surface area contributed by atoms with Crippen LogP contribution in [0, 0.1) is 0 Å². The molecular weight excluding hydrogens is 814 g/mol. The minimum atomic E-state index is -1.42. The minimum absolute atomic E-state index is 0.0388. The fourth-order valence-corrected chi connectivity index (χ4v) is 7.68. The predicted octanol–water partition coefficient (Wildman–Crippen LogP) is 4.37. The maximum Gasteiger partial charge on any atom is 0.323 e. The van der Waals surface area contributed by atoms with Gasteiger partial charge >= 0.3 is 23.9 Å². The van der Waals surface area contributed by atoms with Crippen LogP contribution in [-0.4, -0.2) is 119 Å². The van der Waals surface area contributed by atoms with Gasteiger partial charge in [-0.15, -0.1) is 0 Å². The molecule has 2 aromatic rings. The Morgan fingerprint density at radius 1 is 0.818 bits per heavy atom. The average molecular weight is 846 g/mol. The zero-order valence-corrected chi connectivity index (χ0v) is 31.9. The lowest BCUT2D eigenvalue weighted by Gasteiger charge is -2.40. The lowest BCUT2D eigenvalue weighted by molar-refractivity contribution is -0.142. The molecule has 0 heterocycles. The van der Waals surface area contributed by atoms with Gasteiger partial charge in [0.2, 0.25) is 5.78 Å². The Morgan fingerprint density at radius 2 is 1.42 bits per heavy atom. The monoisotopic (exact) mass is 844 g/mol. The predicted molar refractivity (Wildman–Crippen MR) is 198 cm³/mol. The van der Waals surface area contributed by atoms with Crippen molar-refractivity contribution in [1.82, 2.24) is 4.90 Å². The molecule has 0 bridgehead atoms. The number of aliphatic carboxylic acids is 4. The molecule has 20 heteroatoms. The molecule has 2 aliphatic rings. The van der Waals surface area contributed by atoms with Crippen LogP contribution in [0.4, 0.5) is 5.69 Å². The zero-order chi connectivity index (χ0) is 40.9. The van der Waals surface area contributed by atoms with E-state index in [-0.39, 0.29) is 104 Å². The molecule has 0 aliphatic heterocycles. The average Bonchev–Trinajstić information content (AvgIpc) is 3.06. The van der Waals surface area contributed by atoms with E-state index in [1.165, 1.54) is 24.3 Å². The number of Topliss-reactive ketones (excluding diaryl/α,β-unsaturated/α-hetero) is 1. The molecule has 0 unspecified atom stereocenters. The van der Waals surface area contributed by atoms with Crippen molar-refractivity contribution in [3.63, 3.8) is 0 Å². The number of carboxylic acid groups (broad SMARTS) is 4. The van der Waals surface area contributed by atoms with Crippen LogP contribution >= 0.6 is 46.4 Å². The lowest BCUT2D eigenvalue weighted by Crippen LogP contribution is -2.37. The summed E-state index contributed by atoms with van der Waals surface area (Å²) in [7, 11) is 0. The van der Waals surface area contributed by atoms with Crippen LogP contribution in [0.25, 0.3) is 5.57 Å². The first-order valence-corrected chi connectivity index (χ1v) is 17.4. The van der Waals surface area contributed by atoms with Gasteiger partial charge in [0.25, 0.3) is 6.47 Å². The van der Waals surface area contributed by atoms with E-state index in [2.05, 4.69) is 0 Å². The Kier molecular flexibility index (Phi) is 13.8. The maximum atomic E-state index is 13.1. The number of ether oxygens (including phenoxy) is 3. The molecule has 0 radical (unpaired) electrons. The van der Waals surface area contributed by atoms with Crippen molar-refractivity contribution in [1.29, 1.82) is 0 Å². The Hall–Kier alpha value is -4.84. The van der Waals surface area contributed by atoms with Gasteiger partial charge in [-0.2, -0.15) is 0 Å². The summed E-state index contributed by atoms with van der Waals surface area (Å²) in [6, 6.07) is 3.87. The third-order valence-electron chi connectivity index (χ3n) is 8.41. The SMILES string of the molecule is CC1(C)C2=C(Cl)C(=O)C(Cl)=CC2=C(c2cc(OCCOCCN(CC(=O)O)CC(=O)O)c(N(CC(=O)O)CC(=O)O)cc2OC=O)c2cc(Cl)c(O)c(Cl)c21. The molecule has 294 valence electrons. The number of fused-ring (bicyclic) bond motifs is 2. The van der Waals surface area contributed by atoms with Gasteiger partial charge in [0.1, 0.15) is 31.2 Å². The van der Waals surface area contributed by atoms with Gasteiger partial charge in [0, 0.05) is 29.2 Å². The van der Waals surface area contributed by atoms with Crippen molar-refractivity contribution in [3.8, 4) is 17.2 Å². The van der Waals surface area contributed by atoms with Crippen LogP contribution in [-0.2, 0) is 38.9 Å². The van der Waals surface area contributed by atoms with E-state index in [1.807, 2.05) is 0 Å². The summed E-state index contributed by atoms with van der Waals surface area (Å²) in [4.78, 5) is 73.1. The van der Waals surface area contributed by atoms with Crippen molar-refractivity contribution in [2.75, 3.05) is 57.4 Å². The van der Waals surface area contributed by atoms with Gasteiger partial charge in [-0.1, -0.05) is 60.3 Å². The molecule has 4 rings (SSSR count). The zero-order valence-electron chi connectivity index (χ0n) is 28.9. The number of phenols is 1. The van der Waals surface area contributed by atoms with Crippen molar-refractivity contribution >= 4 is 93.8 Å². The molecule has 0 saturated heterocycles. The Balaban J connectivity index is 1.93. The molecular formula is C35H32Cl4N2O14. The van der Waals surface area contributed by atoms with E-state index >= 15 is 0 Å². The molecule has 5 N–H and O–H groups in total. The van der Waals surface area contributed by atoms with E-state index in [1.54, 1.807) is 13.8 Å². The van der Waals surface area contributed by atoms with Crippen LogP contribution in [0.2, 0.25) is 10.0 Å². The summed E-state index contributed by atoms with van der Waals surface area (Å²) < 4.78 is 17.0. The number of carbonyl (C=O) groups excluding carboxylic acids is 2. The summed E-state index contributed by atoms with van der Waals surface area (Å²) in [5.41, 5.74) is -0.108. The van der Waals surface area contributed by atoms with Gasteiger partial charge in [0.05, 0.1) is 52.1 Å². The number of hydrogen-bond acceptors (Lipinski definition) is 12. The van der Waals surface area contributed by atoms with Crippen molar-refractivity contribution in [2.24, 2.45) is 0 Å². The lowest BCUT2D eigenvalue weighted by atomic mass is 9.64. The molecule has 0 saturated carbocycles. The summed E-state index contributed by atoms with van der Waals surface area (Å²) in [6.45, 7) is 0.0233. The number of phenolic OH excluding ortho intramolecular Hbond substituents is 1. The number of halogens is 4. The van der Waals surface area contributed by atoms with Gasteiger partial charge in [0.15, 0.2) is 5.75 Å². The van der Waals surface area contributed by atoms with Crippen LogP contribution in [0.5, 0.6) is 17.2 Å². The number of rotatable bonds is 19. The smallest absolute Gasteiger partial charge is 0.323 e. The fraction of sp³-hybridized carbons (Fsp3) is 0.314. The Bertz CT molecular complexity index is 2030. The number of ketones is 1. The molecule has 2 aliphatic carbocycles. The highest BCUT2D eigenvalue weighted by molar-refractivity contribution is 6.56. The summed E-state index contributed by atoms with van der Waals surface area (Å²) in [6.07, 6.45) is 1.34. The first-order chi connectivity index (χ1) is 25.8. The highest BCUT2D eigenvalue weighted by atomic mass is 35.5. The topological polar surface area (TPSA) is 238 Å². The van der Waals surface area contributed by atoms with Crippen LogP contribution in [0.1, 0.15) is 30.5 Å². The van der Waals surface area contributed by atoms with E-state index in [4.69, 9.17) is 70.8 Å². The molecule has 0 atom stereocenters. The van der Waals surface area contributed by atoms with E-state index in [0.717, 1.165) is 9.80 Å². The fourth-order valence-electron chi connectivity index (χ4n) is 6.30. The number of nitrogens with zero attached hydrogens (tertiary/aromatic N) is 2. The van der Waals surface area contributed by atoms with Gasteiger partial charge in [-0.05, 0) is 40.5 Å². The maximum absolute atomic E-state index is 13.1. The molecule has 16 nitrogen and oxygen atoms in total. The number of allylic oxidation sites excluding steroid dienone is 5. The largest absolute Gasteiger partial charge is 0.505 e. The third-order valence-corrected chi connectivity index (χ3v) is 9.71. The number of carboxylic acids is 4. The Morgan fingerprint density at radius 3 is 1.98 bits per heavy atom. The quantitative estimate of drug-likeness (QED) is 0.0975. The highest BCUT2D eigenvalue weighted by Gasteiger charge is 2.45. The number of aromatic hydroxyl groups is 1. The van der Waals surface area contributed by atoms with Crippen LogP contribution in [0.15, 0.2) is 45.5 Å². The van der Waals surface area contributed by atoms with Gasteiger partial charge in [-0.3, -0.25) is 33.7 Å². The van der Waals surface area contributed by atoms with Gasteiger partial charge < -0.3 is 44.6 Å². The summed E-state index contributed by atoms with van der Waals surface area (Å²) in [5, 5.41) is 47.4. The number of hydrogen-bond donors (Lipinski definition) is 5. The van der Waals surface area contributed by atoms with Gasteiger partial charge in [-0.25, -0.2) is 0 Å². The van der Waals surface area contributed by atoms with E-state index in [9.17, 15) is 44.1 Å². The third kappa shape index (κ3) is 9.52. The second-order valence-electron chi connectivity index (χ2n) is 12.5. The minimum Gasteiger partial charge on any atom is -0.505 e. The van der Waals surface area contributed by atoms with Crippen LogP contribution < -0.4 is 14.4 Å². The van der Waals surface area contributed by atoms with E-state index < -0.39 is 67.0 Å². The first-order valence-electron chi connectivity index (χ1n) is 15.9. The normalized spacial score (nSPS) is 14.6. The molecule has 0 fully saturated rings. The molecule has 2 aromatic carbocycles. The molecule has 0 aromatic heterocycles. The van der Waals surface area contributed by atoms with E-state index in [0.29, 0.717) is 0 Å². The summed E-state index contributed by atoms with van der Waals surface area (Å²) >= 11 is 26.2. The molecule has 0 spiro atoms. The number of anilines is 1. The standard InChI is InChI=1S/C35H32Cl4N2O14/c1-35(2)29-17(7-19(36)33(51)31(29)38)28(18-8-20(37)34(52)32(39)30(18)35)16-9-23(54-6-5-53-4-3-40(11-24(43)44)12-25(45)46)21(10-22(16)55-15-42)41(13-26(47)48)14-27(49)50/h7-10,15,51H,3-6,11-14H2,1-2H3,(H,43,44)(H,45,46)(H,47,48)(H,49,50). The van der Waals surface area contributed by atoms with Crippen molar-refractivity contribution < 1.29 is 68.5 Å². The second-order valence-corrected chi connectivity index (χ2v) is 14.1. The summed E-state index contributed by atoms with van der Waals surface area (Å²) in [5.74, 6) is -6.90. The van der Waals surface area contributed by atoms with Crippen molar-refractivity contribution in [3.05, 3.63) is 72.2 Å². The number of benzene rings is 2. The Labute approximate surface area is 332 Å². The first kappa shape index (κ1) is 42.9. The molecule has 0 amide bonds. The van der Waals surface area contributed by atoms with Crippen molar-refractivity contribution in [2.45, 2.75) is 19.3 Å². The highest BCUT2D eigenvalue weighted by Crippen LogP contribution is 2.58. The van der Waals surface area contributed by atoms with Crippen LogP contribution in [0.3, 0.4) is 0 Å². The second kappa shape index (κ2) is 17.7. The number of carbonyl (C=O) groups is 6.